The van der Waals surface area contributed by atoms with Gasteiger partial charge < -0.3 is 0 Å². The summed E-state index contributed by atoms with van der Waals surface area (Å²) in [6.45, 7) is 2.02. The third-order valence-corrected chi connectivity index (χ3v) is 3.81. The van der Waals surface area contributed by atoms with Crippen molar-refractivity contribution in [1.82, 2.24) is 10.4 Å². The third kappa shape index (κ3) is 2.76. The first-order valence-electron chi connectivity index (χ1n) is 6.75. The van der Waals surface area contributed by atoms with Crippen molar-refractivity contribution in [2.45, 2.75) is 13.0 Å². The lowest BCUT2D eigenvalue weighted by atomic mass is 9.94. The van der Waals surface area contributed by atoms with Crippen LogP contribution < -0.4 is 11.3 Å². The first-order valence-corrected chi connectivity index (χ1v) is 7.12. The number of nitrogens with zero attached hydrogens (tertiary/aromatic N) is 1. The zero-order valence-electron chi connectivity index (χ0n) is 11.7. The van der Waals surface area contributed by atoms with Gasteiger partial charge in [-0.05, 0) is 47.2 Å². The minimum absolute atomic E-state index is 0.117. The van der Waals surface area contributed by atoms with Gasteiger partial charge in [0.25, 0.3) is 0 Å². The molecule has 0 aliphatic heterocycles. The lowest BCUT2D eigenvalue weighted by molar-refractivity contribution is 0.640. The van der Waals surface area contributed by atoms with Gasteiger partial charge in [-0.25, -0.2) is 5.43 Å². The minimum atomic E-state index is -0.117. The molecule has 2 aromatic carbocycles. The van der Waals surface area contributed by atoms with Crippen LogP contribution in [-0.2, 0) is 0 Å². The molecule has 0 radical (unpaired) electrons. The van der Waals surface area contributed by atoms with Crippen LogP contribution in [0.5, 0.6) is 0 Å². The predicted molar refractivity (Wildman–Crippen MR) is 87.1 cm³/mol. The second kappa shape index (κ2) is 5.82. The summed E-state index contributed by atoms with van der Waals surface area (Å²) in [6.07, 6.45) is 3.65. The highest BCUT2D eigenvalue weighted by atomic mass is 35.5. The number of aromatic nitrogens is 1. The summed E-state index contributed by atoms with van der Waals surface area (Å²) in [5, 5.41) is 2.94. The molecule has 0 fully saturated rings. The van der Waals surface area contributed by atoms with Crippen LogP contribution in [-0.4, -0.2) is 4.98 Å². The summed E-state index contributed by atoms with van der Waals surface area (Å²) in [7, 11) is 0. The van der Waals surface area contributed by atoms with Crippen molar-refractivity contribution < 1.29 is 0 Å². The molecule has 1 unspecified atom stereocenters. The SMILES string of the molecule is Cc1cc(Cl)cc(C(NN)c2cccc3cnccc23)c1. The number of aryl methyl sites for hydroxylation is 1. The lowest BCUT2D eigenvalue weighted by Crippen LogP contribution is -2.29. The normalized spacial score (nSPS) is 12.5. The molecule has 1 aromatic heterocycles. The molecule has 3 aromatic rings. The smallest absolute Gasteiger partial charge is 0.0716 e. The minimum Gasteiger partial charge on any atom is -0.271 e. The quantitative estimate of drug-likeness (QED) is 0.572. The Labute approximate surface area is 128 Å². The van der Waals surface area contributed by atoms with E-state index < -0.39 is 0 Å². The van der Waals surface area contributed by atoms with Gasteiger partial charge in [0.2, 0.25) is 0 Å². The van der Waals surface area contributed by atoms with Gasteiger partial charge in [-0.3, -0.25) is 10.8 Å². The molecule has 106 valence electrons. The third-order valence-electron chi connectivity index (χ3n) is 3.59. The molecule has 4 heteroatoms. The van der Waals surface area contributed by atoms with E-state index in [2.05, 4.69) is 22.5 Å². The lowest BCUT2D eigenvalue weighted by Gasteiger charge is -2.19. The topological polar surface area (TPSA) is 50.9 Å². The largest absolute Gasteiger partial charge is 0.271 e. The highest BCUT2D eigenvalue weighted by molar-refractivity contribution is 6.30. The van der Waals surface area contributed by atoms with Crippen LogP contribution in [0.2, 0.25) is 5.02 Å². The molecule has 1 atom stereocenters. The van der Waals surface area contributed by atoms with Crippen LogP contribution in [0.4, 0.5) is 0 Å². The summed E-state index contributed by atoms with van der Waals surface area (Å²) >= 11 is 6.18. The van der Waals surface area contributed by atoms with Crippen LogP contribution >= 0.6 is 11.6 Å². The first kappa shape index (κ1) is 14.0. The highest BCUT2D eigenvalue weighted by Crippen LogP contribution is 2.30. The molecular formula is C17H16ClN3. The number of hydrogen-bond donors (Lipinski definition) is 2. The van der Waals surface area contributed by atoms with Crippen molar-refractivity contribution in [3.05, 3.63) is 76.6 Å². The Morgan fingerprint density at radius 1 is 1.19 bits per heavy atom. The Bertz CT molecular complexity index is 760. The van der Waals surface area contributed by atoms with Gasteiger partial charge in [0.05, 0.1) is 6.04 Å². The monoisotopic (exact) mass is 297 g/mol. The second-order valence-electron chi connectivity index (χ2n) is 5.11. The Kier molecular flexibility index (Phi) is 3.88. The van der Waals surface area contributed by atoms with Gasteiger partial charge in [0.1, 0.15) is 0 Å². The fourth-order valence-corrected chi connectivity index (χ4v) is 2.99. The number of halogens is 1. The maximum absolute atomic E-state index is 6.18. The summed E-state index contributed by atoms with van der Waals surface area (Å²) in [6, 6.07) is 14.0. The Hall–Kier alpha value is -1.94. The van der Waals surface area contributed by atoms with Gasteiger partial charge in [-0.15, -0.1) is 0 Å². The van der Waals surface area contributed by atoms with Gasteiger partial charge in [0, 0.05) is 22.8 Å². The zero-order valence-corrected chi connectivity index (χ0v) is 12.4. The summed E-state index contributed by atoms with van der Waals surface area (Å²) in [5.74, 6) is 5.82. The maximum atomic E-state index is 6.18. The van der Waals surface area contributed by atoms with Crippen molar-refractivity contribution in [3.8, 4) is 0 Å². The predicted octanol–water partition coefficient (Wildman–Crippen LogP) is 3.75. The summed E-state index contributed by atoms with van der Waals surface area (Å²) < 4.78 is 0. The van der Waals surface area contributed by atoms with Crippen molar-refractivity contribution >= 4 is 22.4 Å². The van der Waals surface area contributed by atoms with Crippen molar-refractivity contribution in [3.63, 3.8) is 0 Å². The van der Waals surface area contributed by atoms with E-state index >= 15 is 0 Å². The summed E-state index contributed by atoms with van der Waals surface area (Å²) in [4.78, 5) is 4.17. The Morgan fingerprint density at radius 3 is 2.81 bits per heavy atom. The van der Waals surface area contributed by atoms with E-state index in [1.807, 2.05) is 43.5 Å². The Balaban J connectivity index is 2.18. The fraction of sp³-hybridized carbons (Fsp3) is 0.118. The molecule has 0 spiro atoms. The van der Waals surface area contributed by atoms with E-state index in [0.717, 1.165) is 27.5 Å². The van der Waals surface area contributed by atoms with Crippen LogP contribution in [0, 0.1) is 6.92 Å². The number of hydrogen-bond acceptors (Lipinski definition) is 3. The van der Waals surface area contributed by atoms with Crippen molar-refractivity contribution in [2.24, 2.45) is 5.84 Å². The van der Waals surface area contributed by atoms with Crippen LogP contribution in [0.25, 0.3) is 10.8 Å². The number of benzene rings is 2. The molecule has 0 amide bonds. The molecule has 0 aliphatic carbocycles. The molecule has 1 heterocycles. The van der Waals surface area contributed by atoms with Crippen LogP contribution in [0.15, 0.2) is 54.9 Å². The van der Waals surface area contributed by atoms with E-state index in [1.54, 1.807) is 6.20 Å². The van der Waals surface area contributed by atoms with Gasteiger partial charge in [0.15, 0.2) is 0 Å². The molecule has 3 nitrogen and oxygen atoms in total. The maximum Gasteiger partial charge on any atom is 0.0716 e. The van der Waals surface area contributed by atoms with Gasteiger partial charge >= 0.3 is 0 Å². The standard InChI is InChI=1S/C17H16ClN3/c1-11-7-13(9-14(18)8-11)17(21-19)16-4-2-3-12-10-20-6-5-15(12)16/h2-10,17,21H,19H2,1H3. The van der Waals surface area contributed by atoms with E-state index in [-0.39, 0.29) is 6.04 Å². The number of hydrazine groups is 1. The zero-order chi connectivity index (χ0) is 14.8. The van der Waals surface area contributed by atoms with E-state index in [0.29, 0.717) is 5.02 Å². The molecule has 0 aliphatic rings. The van der Waals surface area contributed by atoms with E-state index in [4.69, 9.17) is 17.4 Å². The highest BCUT2D eigenvalue weighted by Gasteiger charge is 2.16. The van der Waals surface area contributed by atoms with E-state index in [1.165, 1.54) is 0 Å². The number of rotatable bonds is 3. The molecular weight excluding hydrogens is 282 g/mol. The summed E-state index contributed by atoms with van der Waals surface area (Å²) in [5.41, 5.74) is 6.17. The number of pyridine rings is 1. The second-order valence-corrected chi connectivity index (χ2v) is 5.54. The van der Waals surface area contributed by atoms with Crippen LogP contribution in [0.1, 0.15) is 22.7 Å². The molecule has 0 bridgehead atoms. The number of nitrogens with two attached hydrogens (primary N) is 1. The Morgan fingerprint density at radius 2 is 2.05 bits per heavy atom. The van der Waals surface area contributed by atoms with Crippen molar-refractivity contribution in [1.29, 1.82) is 0 Å². The van der Waals surface area contributed by atoms with Crippen molar-refractivity contribution in [2.75, 3.05) is 0 Å². The van der Waals surface area contributed by atoms with Gasteiger partial charge in [-0.2, -0.15) is 0 Å². The number of nitrogens with one attached hydrogen (secondary N) is 1. The molecule has 0 saturated heterocycles. The van der Waals surface area contributed by atoms with Crippen LogP contribution in [0.3, 0.4) is 0 Å². The molecule has 21 heavy (non-hydrogen) atoms. The molecule has 3 N–H and O–H groups in total. The molecule has 3 rings (SSSR count). The fourth-order valence-electron chi connectivity index (χ4n) is 2.70. The average molecular weight is 298 g/mol. The number of fused-ring (bicyclic) bond motifs is 1. The van der Waals surface area contributed by atoms with E-state index in [9.17, 15) is 0 Å². The molecule has 0 saturated carbocycles. The first-order chi connectivity index (χ1) is 10.2. The average Bonchev–Trinajstić information content (AvgIpc) is 2.47. The van der Waals surface area contributed by atoms with Gasteiger partial charge in [-0.1, -0.05) is 35.9 Å².